The van der Waals surface area contributed by atoms with E-state index < -0.39 is 11.9 Å². The molecule has 0 saturated heterocycles. The third-order valence-corrected chi connectivity index (χ3v) is 4.99. The summed E-state index contributed by atoms with van der Waals surface area (Å²) >= 11 is 0. The average Bonchev–Trinajstić information content (AvgIpc) is 3.32. The molecule has 5 rings (SSSR count). The lowest BCUT2D eigenvalue weighted by Gasteiger charge is -2.15. The van der Waals surface area contributed by atoms with Crippen molar-refractivity contribution in [3.63, 3.8) is 0 Å². The van der Waals surface area contributed by atoms with Crippen LogP contribution in [0.25, 0.3) is 28.3 Å². The van der Waals surface area contributed by atoms with Crippen LogP contribution in [0, 0.1) is 0 Å². The van der Waals surface area contributed by atoms with Crippen LogP contribution in [-0.2, 0) is 19.0 Å². The molecule has 140 valence electrons. The van der Waals surface area contributed by atoms with Crippen LogP contribution in [0.1, 0.15) is 16.8 Å². The van der Waals surface area contributed by atoms with Gasteiger partial charge >= 0.3 is 6.18 Å². The van der Waals surface area contributed by atoms with E-state index >= 15 is 0 Å². The van der Waals surface area contributed by atoms with Crippen LogP contribution in [0.5, 0.6) is 0 Å². The van der Waals surface area contributed by atoms with Crippen LogP contribution in [-0.4, -0.2) is 14.9 Å². The van der Waals surface area contributed by atoms with E-state index in [0.29, 0.717) is 23.4 Å². The van der Waals surface area contributed by atoms with Gasteiger partial charge in [0.1, 0.15) is 5.69 Å². The molecule has 0 spiro atoms. The molecule has 2 aromatic heterocycles. The first-order chi connectivity index (χ1) is 13.5. The number of aryl methyl sites for hydroxylation is 1. The maximum Gasteiger partial charge on any atom is 0.434 e. The molecule has 0 atom stereocenters. The Hall–Kier alpha value is -3.35. The van der Waals surface area contributed by atoms with Gasteiger partial charge in [-0.25, -0.2) is 4.68 Å². The first-order valence-electron chi connectivity index (χ1n) is 8.82. The lowest BCUT2D eigenvalue weighted by atomic mass is 9.88. The molecule has 4 aromatic rings. The number of alkyl halides is 3. The first kappa shape index (κ1) is 16.8. The summed E-state index contributed by atoms with van der Waals surface area (Å²) < 4.78 is 48.2. The number of nitrogens with zero attached hydrogens (tertiary/aromatic N) is 3. The molecule has 1 aliphatic rings. The van der Waals surface area contributed by atoms with Gasteiger partial charge in [0.05, 0.1) is 17.4 Å². The van der Waals surface area contributed by atoms with Crippen molar-refractivity contribution in [2.45, 2.75) is 19.0 Å². The predicted octanol–water partition coefficient (Wildman–Crippen LogP) is 5.31. The van der Waals surface area contributed by atoms with Crippen LogP contribution in [0.4, 0.5) is 13.2 Å². The Kier molecular flexibility index (Phi) is 3.65. The molecule has 7 heteroatoms. The fourth-order valence-corrected chi connectivity index (χ4v) is 3.75. The van der Waals surface area contributed by atoms with Gasteiger partial charge in [-0.1, -0.05) is 47.6 Å². The Bertz CT molecular complexity index is 1160. The highest BCUT2D eigenvalue weighted by Gasteiger charge is 2.41. The monoisotopic (exact) mass is 381 g/mol. The summed E-state index contributed by atoms with van der Waals surface area (Å²) in [6.07, 6.45) is -2.10. The summed E-state index contributed by atoms with van der Waals surface area (Å²) in [6.45, 7) is 0. The number of benzene rings is 2. The average molecular weight is 381 g/mol. The van der Waals surface area contributed by atoms with Crippen molar-refractivity contribution < 1.29 is 17.7 Å². The van der Waals surface area contributed by atoms with Crippen LogP contribution in [0.15, 0.2) is 65.3 Å². The summed E-state index contributed by atoms with van der Waals surface area (Å²) in [5.41, 5.74) is 2.70. The van der Waals surface area contributed by atoms with Gasteiger partial charge in [-0.15, -0.1) is 0 Å². The summed E-state index contributed by atoms with van der Waals surface area (Å²) in [4.78, 5) is 0. The first-order valence-corrected chi connectivity index (χ1v) is 8.82. The number of para-hydroxylation sites is 1. The smallest absolute Gasteiger partial charge is 0.355 e. The summed E-state index contributed by atoms with van der Waals surface area (Å²) in [7, 11) is 0. The van der Waals surface area contributed by atoms with E-state index in [0.717, 1.165) is 22.2 Å². The normalized spacial score (nSPS) is 13.2. The number of aromatic nitrogens is 3. The fourth-order valence-electron chi connectivity index (χ4n) is 3.75. The van der Waals surface area contributed by atoms with Crippen molar-refractivity contribution in [2.24, 2.45) is 0 Å². The van der Waals surface area contributed by atoms with E-state index in [1.54, 1.807) is 30.3 Å². The predicted molar refractivity (Wildman–Crippen MR) is 96.9 cm³/mol. The largest absolute Gasteiger partial charge is 0.434 e. The molecule has 0 fully saturated rings. The van der Waals surface area contributed by atoms with Gasteiger partial charge in [-0.05, 0) is 30.5 Å². The quantitative estimate of drug-likeness (QED) is 0.473. The molecule has 28 heavy (non-hydrogen) atoms. The summed E-state index contributed by atoms with van der Waals surface area (Å²) in [6, 6.07) is 16.0. The molecule has 0 bridgehead atoms. The number of hydrogen-bond acceptors (Lipinski definition) is 3. The van der Waals surface area contributed by atoms with E-state index in [-0.39, 0.29) is 11.3 Å². The Morgan fingerprint density at radius 2 is 1.64 bits per heavy atom. The van der Waals surface area contributed by atoms with Crippen LogP contribution >= 0.6 is 0 Å². The van der Waals surface area contributed by atoms with Crippen molar-refractivity contribution >= 4 is 0 Å². The van der Waals surface area contributed by atoms with Gasteiger partial charge in [-0.2, -0.15) is 18.3 Å². The second-order valence-electron chi connectivity index (χ2n) is 6.65. The maximum atomic E-state index is 14.0. The third kappa shape index (κ3) is 2.54. The van der Waals surface area contributed by atoms with E-state index in [1.165, 1.54) is 6.20 Å². The second kappa shape index (κ2) is 6.09. The molecule has 0 unspecified atom stereocenters. The number of rotatable bonds is 2. The van der Waals surface area contributed by atoms with Crippen molar-refractivity contribution in [1.82, 2.24) is 14.9 Å². The molecular weight excluding hydrogens is 367 g/mol. The van der Waals surface area contributed by atoms with Gasteiger partial charge in [0, 0.05) is 11.1 Å². The number of fused-ring (bicyclic) bond motifs is 3. The number of halogens is 3. The van der Waals surface area contributed by atoms with Crippen molar-refractivity contribution in [3.05, 3.63) is 77.6 Å². The summed E-state index contributed by atoms with van der Waals surface area (Å²) in [5, 5.41) is 8.11. The SMILES string of the molecule is FC(F)(F)c1c(-c2onc3c2CCc2ccccc2-3)cnn1-c1ccccc1. The molecule has 1 aliphatic carbocycles. The lowest BCUT2D eigenvalue weighted by Crippen LogP contribution is -2.14. The molecule has 0 amide bonds. The second-order valence-corrected chi connectivity index (χ2v) is 6.65. The minimum absolute atomic E-state index is 0.0931. The fraction of sp³-hybridized carbons (Fsp3) is 0.143. The molecule has 0 saturated carbocycles. The summed E-state index contributed by atoms with van der Waals surface area (Å²) in [5.74, 6) is 0.138. The Morgan fingerprint density at radius 1 is 0.893 bits per heavy atom. The molecule has 4 nitrogen and oxygen atoms in total. The van der Waals surface area contributed by atoms with Gasteiger partial charge in [0.15, 0.2) is 11.5 Å². The van der Waals surface area contributed by atoms with E-state index in [9.17, 15) is 13.2 Å². The van der Waals surface area contributed by atoms with Crippen LogP contribution in [0.3, 0.4) is 0 Å². The third-order valence-electron chi connectivity index (χ3n) is 4.99. The van der Waals surface area contributed by atoms with Gasteiger partial charge in [0.25, 0.3) is 0 Å². The minimum atomic E-state index is -4.60. The minimum Gasteiger partial charge on any atom is -0.355 e. The highest BCUT2D eigenvalue weighted by Crippen LogP contribution is 2.43. The van der Waals surface area contributed by atoms with E-state index in [2.05, 4.69) is 10.3 Å². The molecule has 2 heterocycles. The van der Waals surface area contributed by atoms with Gasteiger partial charge < -0.3 is 4.52 Å². The zero-order chi connectivity index (χ0) is 19.3. The van der Waals surface area contributed by atoms with Crippen molar-refractivity contribution in [2.75, 3.05) is 0 Å². The zero-order valence-corrected chi connectivity index (χ0v) is 14.6. The molecule has 0 aliphatic heterocycles. The highest BCUT2D eigenvalue weighted by atomic mass is 19.4. The molecule has 0 N–H and O–H groups in total. The number of hydrogen-bond donors (Lipinski definition) is 0. The van der Waals surface area contributed by atoms with Crippen molar-refractivity contribution in [1.29, 1.82) is 0 Å². The Balaban J connectivity index is 1.71. The molecule has 0 radical (unpaired) electrons. The van der Waals surface area contributed by atoms with Crippen LogP contribution < -0.4 is 0 Å². The Labute approximate surface area is 158 Å². The van der Waals surface area contributed by atoms with Gasteiger partial charge in [0.2, 0.25) is 0 Å². The molecular formula is C21H14F3N3O. The lowest BCUT2D eigenvalue weighted by molar-refractivity contribution is -0.142. The van der Waals surface area contributed by atoms with E-state index in [1.807, 2.05) is 24.3 Å². The molecule has 2 aromatic carbocycles. The van der Waals surface area contributed by atoms with Crippen molar-refractivity contribution in [3.8, 4) is 28.3 Å². The van der Waals surface area contributed by atoms with E-state index in [4.69, 9.17) is 4.52 Å². The van der Waals surface area contributed by atoms with Gasteiger partial charge in [-0.3, -0.25) is 0 Å². The zero-order valence-electron chi connectivity index (χ0n) is 14.6. The standard InChI is InChI=1S/C21H14F3N3O/c22-21(23,24)20-17(12-25-27(20)14-7-2-1-3-8-14)19-16-11-10-13-6-4-5-9-15(13)18(16)26-28-19/h1-9,12H,10-11H2. The van der Waals surface area contributed by atoms with Crippen LogP contribution in [0.2, 0.25) is 0 Å². The Morgan fingerprint density at radius 3 is 2.43 bits per heavy atom. The highest BCUT2D eigenvalue weighted by molar-refractivity contribution is 5.77. The maximum absolute atomic E-state index is 14.0. The topological polar surface area (TPSA) is 43.9 Å².